The van der Waals surface area contributed by atoms with Gasteiger partial charge >= 0.3 is 0 Å². The summed E-state index contributed by atoms with van der Waals surface area (Å²) in [6.45, 7) is 3.73. The van der Waals surface area contributed by atoms with Crippen LogP contribution in [0.1, 0.15) is 25.6 Å². The van der Waals surface area contributed by atoms with E-state index in [9.17, 15) is 4.57 Å². The van der Waals surface area contributed by atoms with Gasteiger partial charge in [-0.3, -0.25) is 4.57 Å². The summed E-state index contributed by atoms with van der Waals surface area (Å²) in [7, 11) is -2.53. The molecule has 92 valence electrons. The molecule has 1 aromatic carbocycles. The van der Waals surface area contributed by atoms with Gasteiger partial charge in [0.05, 0.1) is 0 Å². The van der Waals surface area contributed by atoms with Gasteiger partial charge in [-0.15, -0.1) is 12.4 Å². The maximum atomic E-state index is 12.0. The highest BCUT2D eigenvalue weighted by Crippen LogP contribution is 2.48. The fourth-order valence-electron chi connectivity index (χ4n) is 1.28. The second kappa shape index (κ2) is 7.08. The van der Waals surface area contributed by atoms with Crippen molar-refractivity contribution in [3.05, 3.63) is 35.9 Å². The van der Waals surface area contributed by atoms with E-state index in [4.69, 9.17) is 10.3 Å². The van der Waals surface area contributed by atoms with Crippen molar-refractivity contribution < 1.29 is 9.09 Å². The largest absolute Gasteiger partial charge is 0.305 e. The summed E-state index contributed by atoms with van der Waals surface area (Å²) in [6, 6.07) is 9.44. The zero-order valence-electron chi connectivity index (χ0n) is 9.63. The summed E-state index contributed by atoms with van der Waals surface area (Å²) in [5.41, 5.74) is 6.70. The first-order valence-electron chi connectivity index (χ1n) is 5.18. The zero-order valence-corrected chi connectivity index (χ0v) is 11.3. The summed E-state index contributed by atoms with van der Waals surface area (Å²) in [5, 5.41) is 0. The van der Waals surface area contributed by atoms with Crippen LogP contribution in [0.5, 0.6) is 0 Å². The fraction of sp³-hybridized carbons (Fsp3) is 0.455. The molecular formula is C11H19ClNO2P. The van der Waals surface area contributed by atoms with Crippen LogP contribution in [0.4, 0.5) is 0 Å². The Hall–Kier alpha value is -0.340. The molecule has 0 aliphatic heterocycles. The molecule has 1 unspecified atom stereocenters. The van der Waals surface area contributed by atoms with Crippen LogP contribution in [-0.4, -0.2) is 12.3 Å². The summed E-state index contributed by atoms with van der Waals surface area (Å²) in [6.07, 6.45) is 0.477. The number of benzene rings is 1. The standard InChI is InChI=1S/C11H18NO2P.ClH/c1-3-15(13,4-2)14-11(12)10-8-6-5-7-9-10;/h5-9,11H,3-4,12H2,1-2H3;1H. The second-order valence-corrected chi connectivity index (χ2v) is 6.49. The highest BCUT2D eigenvalue weighted by Gasteiger charge is 2.22. The van der Waals surface area contributed by atoms with E-state index in [0.29, 0.717) is 12.3 Å². The fourth-order valence-corrected chi connectivity index (χ4v) is 2.56. The highest BCUT2D eigenvalue weighted by atomic mass is 35.5. The Morgan fingerprint density at radius 2 is 1.75 bits per heavy atom. The van der Waals surface area contributed by atoms with E-state index in [1.807, 2.05) is 44.2 Å². The number of rotatable bonds is 5. The third-order valence-electron chi connectivity index (χ3n) is 2.40. The van der Waals surface area contributed by atoms with Crippen LogP contribution in [0.2, 0.25) is 0 Å². The Morgan fingerprint density at radius 1 is 1.25 bits per heavy atom. The van der Waals surface area contributed by atoms with Gasteiger partial charge in [-0.25, -0.2) is 0 Å². The Bertz CT molecular complexity index is 337. The molecule has 0 saturated heterocycles. The second-order valence-electron chi connectivity index (χ2n) is 3.38. The van der Waals surface area contributed by atoms with E-state index < -0.39 is 13.6 Å². The van der Waals surface area contributed by atoms with E-state index in [-0.39, 0.29) is 12.4 Å². The Morgan fingerprint density at radius 3 is 2.19 bits per heavy atom. The van der Waals surface area contributed by atoms with E-state index in [0.717, 1.165) is 5.56 Å². The van der Waals surface area contributed by atoms with Gasteiger partial charge in [-0.05, 0) is 5.56 Å². The molecule has 0 radical (unpaired) electrons. The van der Waals surface area contributed by atoms with Crippen LogP contribution < -0.4 is 5.73 Å². The monoisotopic (exact) mass is 263 g/mol. The summed E-state index contributed by atoms with van der Waals surface area (Å²) < 4.78 is 17.5. The lowest BCUT2D eigenvalue weighted by atomic mass is 10.2. The third kappa shape index (κ3) is 4.26. The van der Waals surface area contributed by atoms with Crippen molar-refractivity contribution in [2.75, 3.05) is 12.3 Å². The first-order valence-corrected chi connectivity index (χ1v) is 7.18. The van der Waals surface area contributed by atoms with Gasteiger partial charge in [0.2, 0.25) is 7.37 Å². The van der Waals surface area contributed by atoms with Crippen molar-refractivity contribution in [2.45, 2.75) is 20.1 Å². The van der Waals surface area contributed by atoms with Gasteiger partial charge in [-0.2, -0.15) is 0 Å². The van der Waals surface area contributed by atoms with E-state index >= 15 is 0 Å². The number of hydrogen-bond donors (Lipinski definition) is 1. The number of hydrogen-bond acceptors (Lipinski definition) is 3. The van der Waals surface area contributed by atoms with Crippen LogP contribution in [-0.2, 0) is 9.09 Å². The van der Waals surface area contributed by atoms with Gasteiger partial charge in [0.25, 0.3) is 0 Å². The lowest BCUT2D eigenvalue weighted by molar-refractivity contribution is 0.217. The minimum atomic E-state index is -2.53. The smallest absolute Gasteiger partial charge is 0.204 e. The molecule has 0 aliphatic rings. The first kappa shape index (κ1) is 15.7. The molecule has 1 rings (SSSR count). The van der Waals surface area contributed by atoms with Crippen molar-refractivity contribution in [1.82, 2.24) is 0 Å². The van der Waals surface area contributed by atoms with Crippen LogP contribution in [0.3, 0.4) is 0 Å². The lowest BCUT2D eigenvalue weighted by Gasteiger charge is -2.20. The van der Waals surface area contributed by atoms with Gasteiger partial charge < -0.3 is 10.3 Å². The van der Waals surface area contributed by atoms with Crippen molar-refractivity contribution in [2.24, 2.45) is 5.73 Å². The van der Waals surface area contributed by atoms with Crippen molar-refractivity contribution in [3.63, 3.8) is 0 Å². The molecule has 2 N–H and O–H groups in total. The minimum Gasteiger partial charge on any atom is -0.305 e. The minimum absolute atomic E-state index is 0. The molecule has 16 heavy (non-hydrogen) atoms. The molecule has 0 heterocycles. The molecule has 0 amide bonds. The zero-order chi connectivity index (χ0) is 11.3. The molecule has 0 aliphatic carbocycles. The van der Waals surface area contributed by atoms with Crippen LogP contribution in [0.15, 0.2) is 30.3 Å². The van der Waals surface area contributed by atoms with Crippen molar-refractivity contribution >= 4 is 19.8 Å². The molecular weight excluding hydrogens is 245 g/mol. The average molecular weight is 264 g/mol. The van der Waals surface area contributed by atoms with Crippen LogP contribution in [0.25, 0.3) is 0 Å². The maximum absolute atomic E-state index is 12.0. The van der Waals surface area contributed by atoms with Crippen LogP contribution >= 0.6 is 19.8 Å². The Balaban J connectivity index is 0.00000225. The molecule has 0 spiro atoms. The molecule has 5 heteroatoms. The number of halogens is 1. The molecule has 1 aromatic rings. The molecule has 3 nitrogen and oxygen atoms in total. The lowest BCUT2D eigenvalue weighted by Crippen LogP contribution is -2.14. The molecule has 1 atom stereocenters. The number of nitrogens with two attached hydrogens (primary N) is 1. The summed E-state index contributed by atoms with van der Waals surface area (Å²) in [4.78, 5) is 0. The highest BCUT2D eigenvalue weighted by molar-refractivity contribution is 7.58. The van der Waals surface area contributed by atoms with Gasteiger partial charge in [0.15, 0.2) is 0 Å². The molecule has 0 fully saturated rings. The van der Waals surface area contributed by atoms with Crippen molar-refractivity contribution in [3.8, 4) is 0 Å². The summed E-state index contributed by atoms with van der Waals surface area (Å²) in [5.74, 6) is 0. The third-order valence-corrected chi connectivity index (χ3v) is 4.94. The molecule has 0 saturated carbocycles. The SMILES string of the molecule is CCP(=O)(CC)OC(N)c1ccccc1.Cl. The normalized spacial score (nSPS) is 12.9. The Labute approximate surface area is 103 Å². The van der Waals surface area contributed by atoms with E-state index in [1.165, 1.54) is 0 Å². The van der Waals surface area contributed by atoms with Gasteiger partial charge in [-0.1, -0.05) is 44.2 Å². The quantitative estimate of drug-likeness (QED) is 0.654. The molecule has 0 aromatic heterocycles. The topological polar surface area (TPSA) is 52.3 Å². The van der Waals surface area contributed by atoms with Crippen LogP contribution in [0, 0.1) is 0 Å². The predicted molar refractivity (Wildman–Crippen MR) is 70.4 cm³/mol. The predicted octanol–water partition coefficient (Wildman–Crippen LogP) is 3.40. The van der Waals surface area contributed by atoms with Crippen molar-refractivity contribution in [1.29, 1.82) is 0 Å². The van der Waals surface area contributed by atoms with Gasteiger partial charge in [0.1, 0.15) is 6.23 Å². The Kier molecular flexibility index (Phi) is 6.93. The first-order chi connectivity index (χ1) is 7.11. The van der Waals surface area contributed by atoms with E-state index in [2.05, 4.69) is 0 Å². The van der Waals surface area contributed by atoms with E-state index in [1.54, 1.807) is 0 Å². The maximum Gasteiger partial charge on any atom is 0.204 e. The molecule has 0 bridgehead atoms. The summed E-state index contributed by atoms with van der Waals surface area (Å²) >= 11 is 0. The van der Waals surface area contributed by atoms with Gasteiger partial charge in [0, 0.05) is 12.3 Å². The average Bonchev–Trinajstić information content (AvgIpc) is 2.30.